The molecule has 0 spiro atoms. The lowest BCUT2D eigenvalue weighted by atomic mass is 9.94. The molecule has 2 aromatic carbocycles. The van der Waals surface area contributed by atoms with E-state index in [1.54, 1.807) is 19.3 Å². The van der Waals surface area contributed by atoms with Crippen LogP contribution in [-0.2, 0) is 23.4 Å². The molecule has 37 heavy (non-hydrogen) atoms. The van der Waals surface area contributed by atoms with Gasteiger partial charge < -0.3 is 14.6 Å². The van der Waals surface area contributed by atoms with E-state index >= 15 is 0 Å². The van der Waals surface area contributed by atoms with Crippen molar-refractivity contribution in [2.45, 2.75) is 30.7 Å². The number of carbonyl (C=O) groups is 1. The maximum Gasteiger partial charge on any atom is 0.272 e. The van der Waals surface area contributed by atoms with Crippen molar-refractivity contribution in [2.75, 3.05) is 12.4 Å². The van der Waals surface area contributed by atoms with Crippen LogP contribution in [0.3, 0.4) is 0 Å². The molecule has 3 atom stereocenters. The van der Waals surface area contributed by atoms with Gasteiger partial charge in [0.25, 0.3) is 5.91 Å². The Morgan fingerprint density at radius 3 is 2.49 bits per heavy atom. The lowest BCUT2D eigenvalue weighted by Crippen LogP contribution is -2.36. The molecule has 3 aromatic rings. The van der Waals surface area contributed by atoms with Gasteiger partial charge in [0.2, 0.25) is 0 Å². The van der Waals surface area contributed by atoms with E-state index in [0.717, 1.165) is 24.2 Å². The first kappa shape index (κ1) is 26.5. The number of fused-ring (bicyclic) bond motifs is 1. The lowest BCUT2D eigenvalue weighted by molar-refractivity contribution is 0.101. The number of anilines is 1. The van der Waals surface area contributed by atoms with Gasteiger partial charge in [0.15, 0.2) is 17.5 Å². The van der Waals surface area contributed by atoms with Crippen LogP contribution in [0.2, 0.25) is 0 Å². The average Bonchev–Trinajstić information content (AvgIpc) is 3.14. The van der Waals surface area contributed by atoms with Crippen LogP contribution in [0.25, 0.3) is 6.08 Å². The van der Waals surface area contributed by atoms with Gasteiger partial charge in [-0.05, 0) is 36.5 Å². The Bertz CT molecular complexity index is 1440. The number of halogens is 3. The van der Waals surface area contributed by atoms with E-state index in [0.29, 0.717) is 12.1 Å². The quantitative estimate of drug-likeness (QED) is 0.362. The maximum absolute atomic E-state index is 13.6. The highest BCUT2D eigenvalue weighted by molar-refractivity contribution is 7.90. The second-order valence-corrected chi connectivity index (χ2v) is 10.8. The lowest BCUT2D eigenvalue weighted by Gasteiger charge is -2.22. The van der Waals surface area contributed by atoms with Crippen LogP contribution in [0, 0.1) is 28.1 Å². The second kappa shape index (κ2) is 10.4. The highest BCUT2D eigenvalue weighted by Crippen LogP contribution is 2.30. The standard InChI is InChI=1S/C26H27F3N4O3S/c1-15(4-5-16-6-8-18(36-3)9-7-16)22-11-10-19-23(37(30,35)32-22)14-33(2)25(19)26(34)31-17-12-20(27)24(29)21(28)13-17/h6-15,22H,4-5H2,1-3H3,(H,31,34)(H2,30,32,35)/t15-,22+,37?/m0/s1. The number of benzene rings is 2. The Labute approximate surface area is 213 Å². The fourth-order valence-corrected chi connectivity index (χ4v) is 5.88. The molecule has 7 nitrogen and oxygen atoms in total. The first-order valence-electron chi connectivity index (χ1n) is 11.5. The molecular weight excluding hydrogens is 505 g/mol. The fraction of sp³-hybridized carbons (Fsp3) is 0.269. The molecule has 0 bridgehead atoms. The third kappa shape index (κ3) is 5.57. The van der Waals surface area contributed by atoms with Gasteiger partial charge in [0.1, 0.15) is 21.4 Å². The van der Waals surface area contributed by atoms with Gasteiger partial charge in [-0.1, -0.05) is 31.2 Å². The molecule has 1 unspecified atom stereocenters. The summed E-state index contributed by atoms with van der Waals surface area (Å²) in [5.74, 6) is -4.49. The Morgan fingerprint density at radius 1 is 1.22 bits per heavy atom. The van der Waals surface area contributed by atoms with E-state index in [1.807, 2.05) is 31.2 Å². The van der Waals surface area contributed by atoms with Crippen LogP contribution in [0.1, 0.15) is 35.0 Å². The number of amides is 1. The van der Waals surface area contributed by atoms with Gasteiger partial charge in [0, 0.05) is 42.7 Å². The molecule has 4 rings (SSSR count). The molecule has 0 saturated carbocycles. The zero-order valence-corrected chi connectivity index (χ0v) is 21.3. The third-order valence-electron chi connectivity index (χ3n) is 6.38. The van der Waals surface area contributed by atoms with E-state index in [-0.39, 0.29) is 27.8 Å². The molecule has 1 amide bonds. The zero-order chi connectivity index (χ0) is 26.9. The van der Waals surface area contributed by atoms with Crippen LogP contribution in [0.4, 0.5) is 18.9 Å². The summed E-state index contributed by atoms with van der Waals surface area (Å²) < 4.78 is 71.9. The van der Waals surface area contributed by atoms with Crippen LogP contribution in [0.5, 0.6) is 5.75 Å². The molecule has 0 radical (unpaired) electrons. The number of hydrogen-bond donors (Lipinski definition) is 3. The number of rotatable bonds is 7. The summed E-state index contributed by atoms with van der Waals surface area (Å²) in [5.41, 5.74) is 1.15. The van der Waals surface area contributed by atoms with Gasteiger partial charge in [-0.15, -0.1) is 0 Å². The molecule has 2 heterocycles. The van der Waals surface area contributed by atoms with Crippen molar-refractivity contribution in [2.24, 2.45) is 13.0 Å². The van der Waals surface area contributed by atoms with E-state index in [9.17, 15) is 22.2 Å². The number of ether oxygens (including phenoxy) is 1. The summed E-state index contributed by atoms with van der Waals surface area (Å²) in [5, 5.41) is 2.35. The van der Waals surface area contributed by atoms with Crippen molar-refractivity contribution < 1.29 is 26.9 Å². The third-order valence-corrected chi connectivity index (χ3v) is 7.93. The topological polar surface area (TPSA) is 96.2 Å². The van der Waals surface area contributed by atoms with Crippen LogP contribution in [-0.4, -0.2) is 27.8 Å². The predicted molar refractivity (Wildman–Crippen MR) is 135 cm³/mol. The van der Waals surface area contributed by atoms with Crippen molar-refractivity contribution in [3.05, 3.63) is 82.9 Å². The highest BCUT2D eigenvalue weighted by Gasteiger charge is 2.30. The minimum Gasteiger partial charge on any atom is -0.497 e. The first-order valence-corrected chi connectivity index (χ1v) is 13.1. The normalized spacial score (nSPS) is 19.7. The smallest absolute Gasteiger partial charge is 0.272 e. The molecule has 0 fully saturated rings. The number of nitrogens with one attached hydrogen (secondary N) is 3. The molecule has 0 aliphatic carbocycles. The molecule has 1 aliphatic heterocycles. The number of methoxy groups -OCH3 is 1. The summed E-state index contributed by atoms with van der Waals surface area (Å²) in [6.45, 7) is 1.99. The van der Waals surface area contributed by atoms with E-state index < -0.39 is 39.3 Å². The second-order valence-electron chi connectivity index (χ2n) is 9.00. The molecule has 3 N–H and O–H groups in total. The first-order chi connectivity index (χ1) is 17.5. The monoisotopic (exact) mass is 532 g/mol. The van der Waals surface area contributed by atoms with Crippen molar-refractivity contribution >= 4 is 27.6 Å². The van der Waals surface area contributed by atoms with E-state index in [1.165, 1.54) is 17.8 Å². The Morgan fingerprint density at radius 2 is 1.86 bits per heavy atom. The number of aromatic nitrogens is 1. The van der Waals surface area contributed by atoms with Gasteiger partial charge in [0.05, 0.1) is 12.0 Å². The van der Waals surface area contributed by atoms with Gasteiger partial charge in [-0.25, -0.2) is 26.9 Å². The van der Waals surface area contributed by atoms with Crippen molar-refractivity contribution in [3.8, 4) is 5.75 Å². The SMILES string of the molecule is COc1ccc(CC[C@H](C)[C@H]2C=Cc3c(cn(C)c3C(=O)Nc3cc(F)c(F)c(F)c3)S(=N)(=O)N2)cc1. The maximum atomic E-state index is 13.6. The Kier molecular flexibility index (Phi) is 7.47. The summed E-state index contributed by atoms with van der Waals surface area (Å²) in [6.07, 6.45) is 6.35. The van der Waals surface area contributed by atoms with Crippen LogP contribution >= 0.6 is 0 Å². The Balaban J connectivity index is 1.56. The average molecular weight is 533 g/mol. The van der Waals surface area contributed by atoms with Crippen molar-refractivity contribution in [1.82, 2.24) is 9.29 Å². The fourth-order valence-electron chi connectivity index (χ4n) is 4.27. The van der Waals surface area contributed by atoms with E-state index in [4.69, 9.17) is 9.52 Å². The Hall–Kier alpha value is -3.57. The molecule has 1 aliphatic rings. The van der Waals surface area contributed by atoms with Crippen LogP contribution < -0.4 is 14.8 Å². The van der Waals surface area contributed by atoms with E-state index in [2.05, 4.69) is 10.0 Å². The molecule has 0 saturated heterocycles. The van der Waals surface area contributed by atoms with Gasteiger partial charge in [-0.3, -0.25) is 4.79 Å². The molecule has 1 aromatic heterocycles. The van der Waals surface area contributed by atoms with Gasteiger partial charge in [-0.2, -0.15) is 0 Å². The summed E-state index contributed by atoms with van der Waals surface area (Å²) >= 11 is 0. The largest absolute Gasteiger partial charge is 0.497 e. The predicted octanol–water partition coefficient (Wildman–Crippen LogP) is 5.28. The number of nitrogens with zero attached hydrogens (tertiary/aromatic N) is 1. The summed E-state index contributed by atoms with van der Waals surface area (Å²) in [4.78, 5) is 13.2. The number of aryl methyl sites for hydroxylation is 2. The zero-order valence-electron chi connectivity index (χ0n) is 20.5. The molecular formula is C26H27F3N4O3S. The van der Waals surface area contributed by atoms with Gasteiger partial charge >= 0.3 is 0 Å². The minimum atomic E-state index is -3.49. The van der Waals surface area contributed by atoms with Crippen LogP contribution in [0.15, 0.2) is 53.6 Å². The molecule has 11 heteroatoms. The summed E-state index contributed by atoms with van der Waals surface area (Å²) in [6, 6.07) is 8.67. The minimum absolute atomic E-state index is 0.00437. The summed E-state index contributed by atoms with van der Waals surface area (Å²) in [7, 11) is -0.350. The number of carbonyl (C=O) groups excluding carboxylic acids is 1. The highest BCUT2D eigenvalue weighted by atomic mass is 32.2. The van der Waals surface area contributed by atoms with Crippen molar-refractivity contribution in [3.63, 3.8) is 0 Å². The number of hydrogen-bond acceptors (Lipinski definition) is 4. The molecule has 196 valence electrons. The van der Waals surface area contributed by atoms with Crippen molar-refractivity contribution in [1.29, 1.82) is 4.78 Å².